The quantitative estimate of drug-likeness (QED) is 0.511. The fourth-order valence-electron chi connectivity index (χ4n) is 1.57. The van der Waals surface area contributed by atoms with Gasteiger partial charge < -0.3 is 10.5 Å². The largest absolute Gasteiger partial charge is 0.461 e. The van der Waals surface area contributed by atoms with Gasteiger partial charge in [0.25, 0.3) is 0 Å². The van der Waals surface area contributed by atoms with Gasteiger partial charge in [0.15, 0.2) is 0 Å². The number of benzene rings is 1. The Balaban J connectivity index is 2.76. The normalized spacial score (nSPS) is 11.8. The predicted octanol–water partition coefficient (Wildman–Crippen LogP) is 2.72. The first-order valence-corrected chi connectivity index (χ1v) is 6.18. The third-order valence-corrected chi connectivity index (χ3v) is 2.91. The van der Waals surface area contributed by atoms with Crippen LogP contribution in [-0.4, -0.2) is 18.4 Å². The van der Waals surface area contributed by atoms with Crippen LogP contribution in [0.1, 0.15) is 32.8 Å². The summed E-state index contributed by atoms with van der Waals surface area (Å²) in [6, 6.07) is 4.44. The maximum atomic E-state index is 13.1. The molecule has 1 aromatic carbocycles. The number of carbonyl (C=O) groups is 2. The van der Waals surface area contributed by atoms with E-state index in [9.17, 15) is 14.0 Å². The molecule has 0 saturated heterocycles. The van der Waals surface area contributed by atoms with Crippen LogP contribution in [0, 0.1) is 5.82 Å². The van der Waals surface area contributed by atoms with Crippen molar-refractivity contribution >= 4 is 23.0 Å². The molecule has 0 bridgehead atoms. The van der Waals surface area contributed by atoms with Crippen LogP contribution >= 0.6 is 0 Å². The SMILES string of the molecule is CC(=O)CC(=O)OC/C(C)=C(/C)c1ccc(F)c(N)c1. The first-order chi connectivity index (χ1) is 9.31. The van der Waals surface area contributed by atoms with E-state index in [1.54, 1.807) is 13.0 Å². The number of halogens is 1. The third kappa shape index (κ3) is 4.50. The van der Waals surface area contributed by atoms with Gasteiger partial charge in [-0.2, -0.15) is 0 Å². The highest BCUT2D eigenvalue weighted by atomic mass is 19.1. The predicted molar refractivity (Wildman–Crippen MR) is 75.3 cm³/mol. The Labute approximate surface area is 117 Å². The van der Waals surface area contributed by atoms with Crippen LogP contribution in [0.25, 0.3) is 5.57 Å². The van der Waals surface area contributed by atoms with Crippen molar-refractivity contribution < 1.29 is 18.7 Å². The molecule has 0 aliphatic heterocycles. The zero-order chi connectivity index (χ0) is 15.3. The summed E-state index contributed by atoms with van der Waals surface area (Å²) in [4.78, 5) is 22.0. The standard InChI is InChI=1S/C15H18FNO3/c1-9(8-20-15(19)6-10(2)18)11(3)12-4-5-13(16)14(17)7-12/h4-5,7H,6,8,17H2,1-3H3/b11-9-. The average Bonchev–Trinajstić information content (AvgIpc) is 2.37. The van der Waals surface area contributed by atoms with Crippen LogP contribution in [0.15, 0.2) is 23.8 Å². The number of anilines is 1. The van der Waals surface area contributed by atoms with E-state index >= 15 is 0 Å². The Hall–Kier alpha value is -2.17. The lowest BCUT2D eigenvalue weighted by Gasteiger charge is -2.10. The second kappa shape index (κ2) is 6.84. The van der Waals surface area contributed by atoms with Gasteiger partial charge >= 0.3 is 5.97 Å². The van der Waals surface area contributed by atoms with Crippen molar-refractivity contribution in [3.05, 3.63) is 35.2 Å². The van der Waals surface area contributed by atoms with Gasteiger partial charge in [-0.1, -0.05) is 6.07 Å². The Morgan fingerprint density at radius 2 is 1.90 bits per heavy atom. The van der Waals surface area contributed by atoms with Crippen molar-refractivity contribution in [2.45, 2.75) is 27.2 Å². The number of ketones is 1. The van der Waals surface area contributed by atoms with E-state index in [1.807, 2.05) is 6.92 Å². The monoisotopic (exact) mass is 279 g/mol. The van der Waals surface area contributed by atoms with Gasteiger partial charge in [-0.05, 0) is 49.6 Å². The fourth-order valence-corrected chi connectivity index (χ4v) is 1.57. The van der Waals surface area contributed by atoms with Crippen molar-refractivity contribution in [2.24, 2.45) is 0 Å². The molecule has 0 saturated carbocycles. The van der Waals surface area contributed by atoms with Gasteiger partial charge in [0.05, 0.1) is 5.69 Å². The van der Waals surface area contributed by atoms with E-state index < -0.39 is 11.8 Å². The molecule has 1 rings (SSSR count). The van der Waals surface area contributed by atoms with Gasteiger partial charge in [0, 0.05) is 0 Å². The summed E-state index contributed by atoms with van der Waals surface area (Å²) in [5.74, 6) is -1.25. The summed E-state index contributed by atoms with van der Waals surface area (Å²) in [5.41, 5.74) is 8.02. The van der Waals surface area contributed by atoms with Crippen molar-refractivity contribution in [1.29, 1.82) is 0 Å². The van der Waals surface area contributed by atoms with Gasteiger partial charge in [0.2, 0.25) is 0 Å². The zero-order valence-corrected chi connectivity index (χ0v) is 11.8. The molecule has 108 valence electrons. The minimum atomic E-state index is -0.553. The van der Waals surface area contributed by atoms with Crippen LogP contribution in [-0.2, 0) is 14.3 Å². The minimum absolute atomic E-state index is 0.0724. The first-order valence-electron chi connectivity index (χ1n) is 6.18. The van der Waals surface area contributed by atoms with Gasteiger partial charge in [-0.15, -0.1) is 0 Å². The third-order valence-electron chi connectivity index (χ3n) is 2.91. The molecule has 0 spiro atoms. The number of carbonyl (C=O) groups excluding carboxylic acids is 2. The van der Waals surface area contributed by atoms with E-state index in [0.717, 1.165) is 16.7 Å². The molecular formula is C15H18FNO3. The molecule has 0 fully saturated rings. The molecule has 0 heterocycles. The van der Waals surface area contributed by atoms with E-state index in [-0.39, 0.29) is 24.5 Å². The number of ether oxygens (including phenoxy) is 1. The van der Waals surface area contributed by atoms with E-state index in [1.165, 1.54) is 19.1 Å². The van der Waals surface area contributed by atoms with Crippen molar-refractivity contribution in [3.8, 4) is 0 Å². The topological polar surface area (TPSA) is 69.4 Å². The number of Topliss-reactive ketones (excluding diaryl/α,β-unsaturated/α-hetero) is 1. The summed E-state index contributed by atoms with van der Waals surface area (Å²) in [5, 5.41) is 0. The number of nitrogen functional groups attached to an aromatic ring is 1. The number of hydrogen-bond acceptors (Lipinski definition) is 4. The lowest BCUT2D eigenvalue weighted by Crippen LogP contribution is -2.10. The molecule has 0 aromatic heterocycles. The molecule has 2 N–H and O–H groups in total. The van der Waals surface area contributed by atoms with Gasteiger partial charge in [-0.25, -0.2) is 4.39 Å². The van der Waals surface area contributed by atoms with Gasteiger partial charge in [-0.3, -0.25) is 9.59 Å². The van der Waals surface area contributed by atoms with Crippen LogP contribution in [0.3, 0.4) is 0 Å². The lowest BCUT2D eigenvalue weighted by atomic mass is 10.0. The zero-order valence-electron chi connectivity index (χ0n) is 11.8. The van der Waals surface area contributed by atoms with Crippen molar-refractivity contribution in [3.63, 3.8) is 0 Å². The van der Waals surface area contributed by atoms with Crippen LogP contribution < -0.4 is 5.73 Å². The molecule has 1 aromatic rings. The molecule has 0 aliphatic rings. The number of allylic oxidation sites excluding steroid dienone is 1. The van der Waals surface area contributed by atoms with E-state index in [2.05, 4.69) is 0 Å². The molecule has 0 atom stereocenters. The summed E-state index contributed by atoms with van der Waals surface area (Å²) < 4.78 is 18.1. The van der Waals surface area contributed by atoms with Crippen LogP contribution in [0.2, 0.25) is 0 Å². The van der Waals surface area contributed by atoms with E-state index in [0.29, 0.717) is 0 Å². The fraction of sp³-hybridized carbons (Fsp3) is 0.333. The molecule has 0 radical (unpaired) electrons. The number of esters is 1. The molecule has 0 unspecified atom stereocenters. The highest BCUT2D eigenvalue weighted by molar-refractivity contribution is 5.94. The first kappa shape index (κ1) is 15.9. The minimum Gasteiger partial charge on any atom is -0.461 e. The Morgan fingerprint density at radius 3 is 2.45 bits per heavy atom. The number of rotatable bonds is 5. The molecule has 4 nitrogen and oxygen atoms in total. The lowest BCUT2D eigenvalue weighted by molar-refractivity contribution is -0.144. The molecule has 5 heteroatoms. The maximum Gasteiger partial charge on any atom is 0.313 e. The Bertz CT molecular complexity index is 564. The summed E-state index contributed by atoms with van der Waals surface area (Å²) in [6.45, 7) is 5.06. The number of nitrogens with two attached hydrogens (primary N) is 1. The summed E-state index contributed by atoms with van der Waals surface area (Å²) in [6.07, 6.45) is -0.226. The molecule has 20 heavy (non-hydrogen) atoms. The van der Waals surface area contributed by atoms with E-state index in [4.69, 9.17) is 10.5 Å². The highest BCUT2D eigenvalue weighted by Crippen LogP contribution is 2.22. The Kier molecular flexibility index (Phi) is 5.43. The second-order valence-electron chi connectivity index (χ2n) is 4.68. The molecular weight excluding hydrogens is 261 g/mol. The van der Waals surface area contributed by atoms with Crippen LogP contribution in [0.5, 0.6) is 0 Å². The smallest absolute Gasteiger partial charge is 0.313 e. The summed E-state index contributed by atoms with van der Waals surface area (Å²) in [7, 11) is 0. The molecule has 0 aliphatic carbocycles. The van der Waals surface area contributed by atoms with Crippen molar-refractivity contribution in [2.75, 3.05) is 12.3 Å². The van der Waals surface area contributed by atoms with Gasteiger partial charge in [0.1, 0.15) is 24.6 Å². The summed E-state index contributed by atoms with van der Waals surface area (Å²) >= 11 is 0. The number of hydrogen-bond donors (Lipinski definition) is 1. The Morgan fingerprint density at radius 1 is 1.25 bits per heavy atom. The van der Waals surface area contributed by atoms with Crippen LogP contribution in [0.4, 0.5) is 10.1 Å². The molecule has 0 amide bonds. The highest BCUT2D eigenvalue weighted by Gasteiger charge is 2.09. The average molecular weight is 279 g/mol. The second-order valence-corrected chi connectivity index (χ2v) is 4.68. The van der Waals surface area contributed by atoms with Crippen molar-refractivity contribution in [1.82, 2.24) is 0 Å². The maximum absolute atomic E-state index is 13.1.